The molecule has 1 heterocycles. The molecule has 8 heteroatoms. The van der Waals surface area contributed by atoms with Crippen molar-refractivity contribution in [2.45, 2.75) is 30.5 Å². The van der Waals surface area contributed by atoms with Crippen LogP contribution in [0.15, 0.2) is 29.2 Å². The van der Waals surface area contributed by atoms with Gasteiger partial charge in [0, 0.05) is 12.6 Å². The Balaban J connectivity index is 2.19. The van der Waals surface area contributed by atoms with Gasteiger partial charge in [-0.3, -0.25) is 0 Å². The van der Waals surface area contributed by atoms with Crippen molar-refractivity contribution in [1.29, 1.82) is 0 Å². The van der Waals surface area contributed by atoms with Crippen LogP contribution in [0.4, 0.5) is 13.2 Å². The summed E-state index contributed by atoms with van der Waals surface area (Å²) in [6.07, 6.45) is -3.91. The molecule has 1 saturated heterocycles. The van der Waals surface area contributed by atoms with E-state index < -0.39 is 21.8 Å². The van der Waals surface area contributed by atoms with Crippen LogP contribution in [0.1, 0.15) is 18.9 Å². The number of benzene rings is 1. The average molecular weight is 322 g/mol. The molecule has 1 aromatic carbocycles. The predicted octanol–water partition coefficient (Wildman–Crippen LogP) is 1.98. The number of nitrogens with one attached hydrogen (secondary N) is 2. The summed E-state index contributed by atoms with van der Waals surface area (Å²) in [5.41, 5.74) is -0.972. The van der Waals surface area contributed by atoms with E-state index in [1.165, 1.54) is 0 Å². The Morgan fingerprint density at radius 2 is 2.00 bits per heavy atom. The quantitative estimate of drug-likeness (QED) is 0.895. The first-order valence-electron chi connectivity index (χ1n) is 6.59. The van der Waals surface area contributed by atoms with Gasteiger partial charge < -0.3 is 5.32 Å². The molecule has 0 radical (unpaired) electrons. The van der Waals surface area contributed by atoms with E-state index in [-0.39, 0.29) is 10.9 Å². The standard InChI is InChI=1S/C13H17F3N2O2S/c1-9-5-11(8-17-7-9)18-21(19,20)12-4-2-3-10(6-12)13(14,15)16/h2-4,6,9,11,17-18H,5,7-8H2,1H3. The lowest BCUT2D eigenvalue weighted by atomic mass is 9.99. The highest BCUT2D eigenvalue weighted by molar-refractivity contribution is 7.89. The molecule has 1 aliphatic heterocycles. The van der Waals surface area contributed by atoms with Crippen molar-refractivity contribution in [3.05, 3.63) is 29.8 Å². The zero-order valence-corrected chi connectivity index (χ0v) is 12.3. The van der Waals surface area contributed by atoms with Crippen LogP contribution in [0.2, 0.25) is 0 Å². The highest BCUT2D eigenvalue weighted by atomic mass is 32.2. The number of halogens is 3. The zero-order valence-electron chi connectivity index (χ0n) is 11.4. The lowest BCUT2D eigenvalue weighted by Gasteiger charge is -2.28. The Labute approximate surface area is 121 Å². The van der Waals surface area contributed by atoms with Crippen molar-refractivity contribution in [2.75, 3.05) is 13.1 Å². The van der Waals surface area contributed by atoms with Crippen LogP contribution < -0.4 is 10.0 Å². The van der Waals surface area contributed by atoms with Gasteiger partial charge in [0.05, 0.1) is 10.5 Å². The molecule has 2 unspecified atom stereocenters. The molecule has 2 N–H and O–H groups in total. The van der Waals surface area contributed by atoms with Gasteiger partial charge in [0.2, 0.25) is 10.0 Å². The lowest BCUT2D eigenvalue weighted by molar-refractivity contribution is -0.137. The molecular formula is C13H17F3N2O2S. The summed E-state index contributed by atoms with van der Waals surface area (Å²) in [6.45, 7) is 3.27. The maximum Gasteiger partial charge on any atom is 0.416 e. The monoisotopic (exact) mass is 322 g/mol. The topological polar surface area (TPSA) is 58.2 Å². The minimum atomic E-state index is -4.56. The predicted molar refractivity (Wildman–Crippen MR) is 72.2 cm³/mol. The van der Waals surface area contributed by atoms with Gasteiger partial charge in [0.25, 0.3) is 0 Å². The Morgan fingerprint density at radius 3 is 2.62 bits per heavy atom. The maximum absolute atomic E-state index is 12.6. The summed E-state index contributed by atoms with van der Waals surface area (Å²) < 4.78 is 64.7. The van der Waals surface area contributed by atoms with Gasteiger partial charge in [-0.05, 0) is 37.1 Å². The van der Waals surface area contributed by atoms with Crippen LogP contribution in [0.25, 0.3) is 0 Å². The van der Waals surface area contributed by atoms with Gasteiger partial charge in [-0.15, -0.1) is 0 Å². The van der Waals surface area contributed by atoms with Crippen molar-refractivity contribution in [1.82, 2.24) is 10.0 Å². The molecule has 21 heavy (non-hydrogen) atoms. The molecule has 4 nitrogen and oxygen atoms in total. The van der Waals surface area contributed by atoms with E-state index in [0.29, 0.717) is 24.9 Å². The van der Waals surface area contributed by atoms with E-state index in [1.807, 2.05) is 6.92 Å². The zero-order chi connectivity index (χ0) is 15.7. The van der Waals surface area contributed by atoms with Crippen molar-refractivity contribution in [2.24, 2.45) is 5.92 Å². The summed E-state index contributed by atoms with van der Waals surface area (Å²) in [4.78, 5) is -0.365. The molecule has 0 amide bonds. The van der Waals surface area contributed by atoms with E-state index in [0.717, 1.165) is 24.7 Å². The Bertz CT molecular complexity index is 602. The molecule has 0 aromatic heterocycles. The van der Waals surface area contributed by atoms with Gasteiger partial charge in [0.1, 0.15) is 0 Å². The molecule has 0 saturated carbocycles. The number of hydrogen-bond donors (Lipinski definition) is 2. The fourth-order valence-electron chi connectivity index (χ4n) is 2.37. The molecular weight excluding hydrogens is 305 g/mol. The molecule has 0 aliphatic carbocycles. The van der Waals surface area contributed by atoms with Crippen LogP contribution in [0.3, 0.4) is 0 Å². The molecule has 2 rings (SSSR count). The van der Waals surface area contributed by atoms with Gasteiger partial charge in [-0.2, -0.15) is 13.2 Å². The number of sulfonamides is 1. The molecule has 1 aliphatic rings. The smallest absolute Gasteiger partial charge is 0.315 e. The Hall–Kier alpha value is -1.12. The van der Waals surface area contributed by atoms with Gasteiger partial charge >= 0.3 is 6.18 Å². The van der Waals surface area contributed by atoms with Crippen LogP contribution in [0.5, 0.6) is 0 Å². The van der Waals surface area contributed by atoms with E-state index in [9.17, 15) is 21.6 Å². The van der Waals surface area contributed by atoms with Gasteiger partial charge in [0.15, 0.2) is 0 Å². The second kappa shape index (κ2) is 5.94. The lowest BCUT2D eigenvalue weighted by Crippen LogP contribution is -2.48. The average Bonchev–Trinajstić information content (AvgIpc) is 2.37. The Morgan fingerprint density at radius 1 is 1.29 bits per heavy atom. The third kappa shape index (κ3) is 4.18. The third-order valence-corrected chi connectivity index (χ3v) is 4.88. The molecule has 1 aromatic rings. The number of piperidine rings is 1. The highest BCUT2D eigenvalue weighted by Crippen LogP contribution is 2.30. The molecule has 0 bridgehead atoms. The minimum absolute atomic E-state index is 0.312. The number of rotatable bonds is 3. The van der Waals surface area contributed by atoms with Crippen LogP contribution in [0, 0.1) is 5.92 Å². The van der Waals surface area contributed by atoms with Crippen molar-refractivity contribution >= 4 is 10.0 Å². The third-order valence-electron chi connectivity index (χ3n) is 3.36. The van der Waals surface area contributed by atoms with E-state index in [4.69, 9.17) is 0 Å². The first-order chi connectivity index (χ1) is 9.68. The molecule has 118 valence electrons. The van der Waals surface area contributed by atoms with E-state index in [2.05, 4.69) is 10.0 Å². The summed E-state index contributed by atoms with van der Waals surface area (Å²) in [7, 11) is -3.96. The number of hydrogen-bond acceptors (Lipinski definition) is 3. The molecule has 0 spiro atoms. The second-order valence-electron chi connectivity index (χ2n) is 5.34. The molecule has 2 atom stereocenters. The normalized spacial score (nSPS) is 24.0. The Kier molecular flexibility index (Phi) is 4.60. The number of alkyl halides is 3. The first-order valence-corrected chi connectivity index (χ1v) is 8.07. The van der Waals surface area contributed by atoms with Crippen LogP contribution in [-0.4, -0.2) is 27.5 Å². The SMILES string of the molecule is CC1CNCC(NS(=O)(=O)c2cccc(C(F)(F)F)c2)C1. The van der Waals surface area contributed by atoms with Crippen molar-refractivity contribution in [3.8, 4) is 0 Å². The molecule has 1 fully saturated rings. The summed E-state index contributed by atoms with van der Waals surface area (Å²) >= 11 is 0. The van der Waals surface area contributed by atoms with E-state index in [1.54, 1.807) is 0 Å². The van der Waals surface area contributed by atoms with Crippen LogP contribution >= 0.6 is 0 Å². The summed E-state index contributed by atoms with van der Waals surface area (Å²) in [5.74, 6) is 0.313. The summed E-state index contributed by atoms with van der Waals surface area (Å²) in [6, 6.07) is 3.45. The van der Waals surface area contributed by atoms with Crippen LogP contribution in [-0.2, 0) is 16.2 Å². The second-order valence-corrected chi connectivity index (χ2v) is 7.06. The summed E-state index contributed by atoms with van der Waals surface area (Å²) in [5, 5.41) is 3.09. The van der Waals surface area contributed by atoms with Gasteiger partial charge in [-0.25, -0.2) is 13.1 Å². The first kappa shape index (κ1) is 16.3. The van der Waals surface area contributed by atoms with Crippen molar-refractivity contribution < 1.29 is 21.6 Å². The van der Waals surface area contributed by atoms with E-state index >= 15 is 0 Å². The van der Waals surface area contributed by atoms with Gasteiger partial charge in [-0.1, -0.05) is 13.0 Å². The fraction of sp³-hybridized carbons (Fsp3) is 0.538. The largest absolute Gasteiger partial charge is 0.416 e. The highest BCUT2D eigenvalue weighted by Gasteiger charge is 2.32. The maximum atomic E-state index is 12.6. The fourth-order valence-corrected chi connectivity index (χ4v) is 3.67. The minimum Gasteiger partial charge on any atom is -0.315 e. The van der Waals surface area contributed by atoms with Crippen molar-refractivity contribution in [3.63, 3.8) is 0 Å².